The molecule has 124 valence electrons. The Bertz CT molecular complexity index is 701. The first-order valence-corrected chi connectivity index (χ1v) is 7.99. The van der Waals surface area contributed by atoms with Gasteiger partial charge in [-0.25, -0.2) is 0 Å². The predicted molar refractivity (Wildman–Crippen MR) is 87.4 cm³/mol. The van der Waals surface area contributed by atoms with Gasteiger partial charge in [-0.3, -0.25) is 9.48 Å². The number of hydrogen-bond donors (Lipinski definition) is 0. The van der Waals surface area contributed by atoms with Crippen molar-refractivity contribution in [3.63, 3.8) is 0 Å². The summed E-state index contributed by atoms with van der Waals surface area (Å²) in [7, 11) is 4.13. The van der Waals surface area contributed by atoms with Gasteiger partial charge in [-0.05, 0) is 53.0 Å². The second-order valence-corrected chi connectivity index (χ2v) is 6.53. The lowest BCUT2D eigenvalue weighted by Crippen LogP contribution is -2.42. The molecular weight excluding hydrogens is 292 g/mol. The zero-order chi connectivity index (χ0) is 16.6. The van der Waals surface area contributed by atoms with Crippen molar-refractivity contribution >= 4 is 5.91 Å². The van der Waals surface area contributed by atoms with Crippen molar-refractivity contribution in [2.45, 2.75) is 32.9 Å². The van der Waals surface area contributed by atoms with Crippen LogP contribution in [0.1, 0.15) is 40.0 Å². The van der Waals surface area contributed by atoms with Crippen LogP contribution in [0.4, 0.5) is 0 Å². The maximum Gasteiger partial charge on any atom is 0.257 e. The Morgan fingerprint density at radius 3 is 2.87 bits per heavy atom. The van der Waals surface area contributed by atoms with Gasteiger partial charge in [0.05, 0.1) is 23.8 Å². The fraction of sp³-hybridized carbons (Fsp3) is 0.529. The normalized spacial score (nSPS) is 17.6. The van der Waals surface area contributed by atoms with Crippen LogP contribution in [-0.4, -0.2) is 52.7 Å². The Kier molecular flexibility index (Phi) is 4.26. The van der Waals surface area contributed by atoms with Gasteiger partial charge in [0.15, 0.2) is 0 Å². The van der Waals surface area contributed by atoms with Crippen LogP contribution in [0, 0.1) is 13.8 Å². The molecule has 1 atom stereocenters. The third-order valence-corrected chi connectivity index (χ3v) is 4.35. The number of furan rings is 1. The molecular formula is C17H24N4O2. The minimum Gasteiger partial charge on any atom is -0.466 e. The maximum absolute atomic E-state index is 12.9. The van der Waals surface area contributed by atoms with E-state index in [2.05, 4.69) is 28.8 Å². The fourth-order valence-electron chi connectivity index (χ4n) is 3.18. The zero-order valence-corrected chi connectivity index (χ0v) is 14.2. The van der Waals surface area contributed by atoms with Crippen molar-refractivity contribution in [1.29, 1.82) is 0 Å². The molecule has 1 aliphatic heterocycles. The van der Waals surface area contributed by atoms with Gasteiger partial charge in [-0.1, -0.05) is 0 Å². The average molecular weight is 316 g/mol. The highest BCUT2D eigenvalue weighted by Crippen LogP contribution is 2.26. The van der Waals surface area contributed by atoms with Crippen molar-refractivity contribution in [2.75, 3.05) is 27.2 Å². The van der Waals surface area contributed by atoms with Crippen molar-refractivity contribution < 1.29 is 9.21 Å². The summed E-state index contributed by atoms with van der Waals surface area (Å²) in [6.07, 6.45) is 2.79. The molecule has 0 radical (unpaired) electrons. The topological polar surface area (TPSA) is 54.5 Å². The quantitative estimate of drug-likeness (QED) is 0.868. The molecule has 1 unspecified atom stereocenters. The molecule has 0 fully saturated rings. The van der Waals surface area contributed by atoms with Gasteiger partial charge >= 0.3 is 0 Å². The Labute approximate surface area is 136 Å². The highest BCUT2D eigenvalue weighted by atomic mass is 16.3. The summed E-state index contributed by atoms with van der Waals surface area (Å²) in [6, 6.07) is 4.04. The molecule has 3 heterocycles. The molecule has 23 heavy (non-hydrogen) atoms. The second-order valence-electron chi connectivity index (χ2n) is 6.53. The number of hydrogen-bond acceptors (Lipinski definition) is 4. The van der Waals surface area contributed by atoms with E-state index in [1.54, 1.807) is 0 Å². The first kappa shape index (κ1) is 15.8. The summed E-state index contributed by atoms with van der Waals surface area (Å²) in [5.41, 5.74) is 1.76. The number of nitrogens with zero attached hydrogens (tertiary/aromatic N) is 4. The molecule has 0 aliphatic carbocycles. The predicted octanol–water partition coefficient (Wildman–Crippen LogP) is 2.24. The molecule has 6 heteroatoms. The third kappa shape index (κ3) is 3.17. The van der Waals surface area contributed by atoms with Crippen LogP contribution in [0.5, 0.6) is 0 Å². The van der Waals surface area contributed by atoms with Crippen molar-refractivity contribution in [1.82, 2.24) is 19.6 Å². The highest BCUT2D eigenvalue weighted by molar-refractivity contribution is 5.95. The number of rotatable bonds is 4. The molecule has 0 aromatic carbocycles. The van der Waals surface area contributed by atoms with E-state index < -0.39 is 0 Å². The molecule has 1 amide bonds. The summed E-state index contributed by atoms with van der Waals surface area (Å²) in [4.78, 5) is 16.9. The van der Waals surface area contributed by atoms with Gasteiger partial charge in [-0.15, -0.1) is 0 Å². The molecule has 3 rings (SSSR count). The van der Waals surface area contributed by atoms with Gasteiger partial charge in [-0.2, -0.15) is 5.10 Å². The van der Waals surface area contributed by atoms with Crippen LogP contribution < -0.4 is 0 Å². The molecule has 2 aromatic rings. The Balaban J connectivity index is 1.82. The third-order valence-electron chi connectivity index (χ3n) is 4.35. The molecule has 0 bridgehead atoms. The number of aryl methyl sites for hydroxylation is 2. The standard InChI is InChI=1S/C17H24N4O2/c1-12-9-16(13(2)23-12)17(22)20-10-14-5-7-18-21(14)15(11-20)6-8-19(3)4/h5,7,9,15H,6,8,10-11H2,1-4H3. The summed E-state index contributed by atoms with van der Waals surface area (Å²) < 4.78 is 7.59. The molecule has 2 aromatic heterocycles. The van der Waals surface area contributed by atoms with Crippen molar-refractivity contribution in [3.05, 3.63) is 41.1 Å². The van der Waals surface area contributed by atoms with Crippen LogP contribution in [-0.2, 0) is 6.54 Å². The van der Waals surface area contributed by atoms with Crippen LogP contribution in [0.25, 0.3) is 0 Å². The SMILES string of the molecule is Cc1cc(C(=O)N2Cc3ccnn3C(CCN(C)C)C2)c(C)o1. The number of carbonyl (C=O) groups excluding carboxylic acids is 1. The van der Waals surface area contributed by atoms with E-state index in [9.17, 15) is 4.79 Å². The summed E-state index contributed by atoms with van der Waals surface area (Å²) in [6.45, 7) is 5.97. The lowest BCUT2D eigenvalue weighted by atomic mass is 10.1. The molecule has 0 spiro atoms. The van der Waals surface area contributed by atoms with E-state index in [4.69, 9.17) is 4.42 Å². The summed E-state index contributed by atoms with van der Waals surface area (Å²) in [5.74, 6) is 1.51. The number of fused-ring (bicyclic) bond motifs is 1. The number of amides is 1. The van der Waals surface area contributed by atoms with E-state index in [-0.39, 0.29) is 11.9 Å². The largest absolute Gasteiger partial charge is 0.466 e. The van der Waals surface area contributed by atoms with E-state index in [1.165, 1.54) is 0 Å². The van der Waals surface area contributed by atoms with Gasteiger partial charge in [0.25, 0.3) is 5.91 Å². The molecule has 0 saturated heterocycles. The van der Waals surface area contributed by atoms with Gasteiger partial charge in [0.2, 0.25) is 0 Å². The monoisotopic (exact) mass is 316 g/mol. The van der Waals surface area contributed by atoms with Crippen LogP contribution >= 0.6 is 0 Å². The Morgan fingerprint density at radius 2 is 2.22 bits per heavy atom. The van der Waals surface area contributed by atoms with E-state index >= 15 is 0 Å². The van der Waals surface area contributed by atoms with Gasteiger partial charge in [0.1, 0.15) is 11.5 Å². The number of aromatic nitrogens is 2. The van der Waals surface area contributed by atoms with Crippen molar-refractivity contribution in [3.8, 4) is 0 Å². The first-order chi connectivity index (χ1) is 11.0. The van der Waals surface area contributed by atoms with Gasteiger partial charge in [0, 0.05) is 12.7 Å². The fourth-order valence-corrected chi connectivity index (χ4v) is 3.18. The molecule has 0 saturated carbocycles. The highest BCUT2D eigenvalue weighted by Gasteiger charge is 2.30. The smallest absolute Gasteiger partial charge is 0.257 e. The van der Waals surface area contributed by atoms with Gasteiger partial charge < -0.3 is 14.2 Å². The zero-order valence-electron chi connectivity index (χ0n) is 14.2. The van der Waals surface area contributed by atoms with Crippen LogP contribution in [0.3, 0.4) is 0 Å². The van der Waals surface area contributed by atoms with E-state index in [1.807, 2.05) is 37.1 Å². The number of carbonyl (C=O) groups is 1. The lowest BCUT2D eigenvalue weighted by molar-refractivity contribution is 0.0658. The second kappa shape index (κ2) is 6.20. The summed E-state index contributed by atoms with van der Waals surface area (Å²) in [5, 5.41) is 4.45. The summed E-state index contributed by atoms with van der Waals surface area (Å²) >= 11 is 0. The minimum atomic E-state index is 0.0432. The maximum atomic E-state index is 12.9. The van der Waals surface area contributed by atoms with Crippen LogP contribution in [0.2, 0.25) is 0 Å². The molecule has 0 N–H and O–H groups in total. The Hall–Kier alpha value is -2.08. The molecule has 1 aliphatic rings. The van der Waals surface area contributed by atoms with Crippen molar-refractivity contribution in [2.24, 2.45) is 0 Å². The van der Waals surface area contributed by atoms with E-state index in [0.717, 1.165) is 24.4 Å². The lowest BCUT2D eigenvalue weighted by Gasteiger charge is -2.34. The average Bonchev–Trinajstić information content (AvgIpc) is 3.09. The molecule has 6 nitrogen and oxygen atoms in total. The van der Waals surface area contributed by atoms with Crippen LogP contribution in [0.15, 0.2) is 22.7 Å². The Morgan fingerprint density at radius 1 is 1.43 bits per heavy atom. The minimum absolute atomic E-state index is 0.0432. The van der Waals surface area contributed by atoms with E-state index in [0.29, 0.717) is 24.4 Å². The first-order valence-electron chi connectivity index (χ1n) is 7.99.